The molecule has 6 nitrogen and oxygen atoms in total. The lowest BCUT2D eigenvalue weighted by molar-refractivity contribution is -0.140. The molecule has 1 fully saturated rings. The van der Waals surface area contributed by atoms with Crippen LogP contribution in [-0.4, -0.2) is 51.8 Å². The third-order valence-corrected chi connectivity index (χ3v) is 3.80. The van der Waals surface area contributed by atoms with Crippen LogP contribution in [-0.2, 0) is 11.3 Å². The quantitative estimate of drug-likeness (QED) is 0.787. The van der Waals surface area contributed by atoms with Gasteiger partial charge in [-0.15, -0.1) is 0 Å². The molecule has 0 spiro atoms. The average Bonchev–Trinajstić information content (AvgIpc) is 2.96. The molecule has 1 aromatic heterocycles. The molecule has 0 unspecified atom stereocenters. The van der Waals surface area contributed by atoms with Gasteiger partial charge >= 0.3 is 5.97 Å². The van der Waals surface area contributed by atoms with Gasteiger partial charge in [0.15, 0.2) is 0 Å². The number of aromatic nitrogens is 2. The summed E-state index contributed by atoms with van der Waals surface area (Å²) in [4.78, 5) is 13.2. The van der Waals surface area contributed by atoms with E-state index >= 15 is 0 Å². The van der Waals surface area contributed by atoms with Gasteiger partial charge in [-0.05, 0) is 24.3 Å². The van der Waals surface area contributed by atoms with Crippen LogP contribution in [0.4, 0.5) is 4.39 Å². The SMILES string of the molecule is O=C(O)[C@H]1CN(Cc2cn[nH]c2-c2ccc(F)cc2)CCN1. The maximum absolute atomic E-state index is 13.0. The lowest BCUT2D eigenvalue weighted by atomic mass is 10.1. The number of nitrogens with zero attached hydrogens (tertiary/aromatic N) is 2. The van der Waals surface area contributed by atoms with Crippen molar-refractivity contribution >= 4 is 5.97 Å². The van der Waals surface area contributed by atoms with Crippen molar-refractivity contribution in [3.63, 3.8) is 0 Å². The van der Waals surface area contributed by atoms with Gasteiger partial charge in [-0.1, -0.05) is 0 Å². The van der Waals surface area contributed by atoms with Crippen LogP contribution in [0.2, 0.25) is 0 Å². The standard InChI is InChI=1S/C15H17FN4O2/c16-12-3-1-10(2-4-12)14-11(7-18-19-14)8-20-6-5-17-13(9-20)15(21)22/h1-4,7,13,17H,5-6,8-9H2,(H,18,19)(H,21,22)/t13-/m1/s1. The number of carboxylic acids is 1. The summed E-state index contributed by atoms with van der Waals surface area (Å²) >= 11 is 0. The normalized spacial score (nSPS) is 19.2. The maximum Gasteiger partial charge on any atom is 0.322 e. The van der Waals surface area contributed by atoms with Crippen molar-refractivity contribution < 1.29 is 14.3 Å². The van der Waals surface area contributed by atoms with Crippen LogP contribution in [0.1, 0.15) is 5.56 Å². The van der Waals surface area contributed by atoms with Gasteiger partial charge in [0, 0.05) is 37.3 Å². The first kappa shape index (κ1) is 14.7. The van der Waals surface area contributed by atoms with E-state index in [4.69, 9.17) is 5.11 Å². The van der Waals surface area contributed by atoms with Crippen LogP contribution in [0.25, 0.3) is 11.3 Å². The summed E-state index contributed by atoms with van der Waals surface area (Å²) in [5, 5.41) is 19.1. The van der Waals surface area contributed by atoms with Crippen molar-refractivity contribution in [3.8, 4) is 11.3 Å². The Kier molecular flexibility index (Phi) is 4.17. The molecule has 7 heteroatoms. The summed E-state index contributed by atoms with van der Waals surface area (Å²) in [5.41, 5.74) is 2.67. The number of piperazine rings is 1. The number of halogens is 1. The topological polar surface area (TPSA) is 81.2 Å². The Bertz CT molecular complexity index is 656. The summed E-state index contributed by atoms with van der Waals surface area (Å²) in [6.45, 7) is 2.47. The van der Waals surface area contributed by atoms with E-state index in [1.807, 2.05) is 0 Å². The number of rotatable bonds is 4. The number of hydrogen-bond acceptors (Lipinski definition) is 4. The molecule has 1 aliphatic heterocycles. The van der Waals surface area contributed by atoms with E-state index in [0.29, 0.717) is 19.6 Å². The number of benzene rings is 1. The van der Waals surface area contributed by atoms with Gasteiger partial charge in [0.05, 0.1) is 11.9 Å². The third kappa shape index (κ3) is 3.15. The molecular weight excluding hydrogens is 287 g/mol. The Balaban J connectivity index is 1.75. The first-order chi connectivity index (χ1) is 10.6. The van der Waals surface area contributed by atoms with Crippen molar-refractivity contribution in [1.29, 1.82) is 0 Å². The minimum absolute atomic E-state index is 0.281. The fourth-order valence-corrected chi connectivity index (χ4v) is 2.66. The zero-order valence-electron chi connectivity index (χ0n) is 11.9. The molecule has 2 aromatic rings. The van der Waals surface area contributed by atoms with Crippen LogP contribution < -0.4 is 5.32 Å². The average molecular weight is 304 g/mol. The summed E-state index contributed by atoms with van der Waals surface area (Å²) < 4.78 is 13.0. The molecule has 0 amide bonds. The van der Waals surface area contributed by atoms with E-state index < -0.39 is 12.0 Å². The van der Waals surface area contributed by atoms with E-state index in [1.165, 1.54) is 12.1 Å². The molecule has 0 radical (unpaired) electrons. The summed E-state index contributed by atoms with van der Waals surface area (Å²) in [6, 6.07) is 5.67. The van der Waals surface area contributed by atoms with Gasteiger partial charge in [0.1, 0.15) is 11.9 Å². The first-order valence-corrected chi connectivity index (χ1v) is 7.10. The molecule has 3 rings (SSSR count). The number of aliphatic carboxylic acids is 1. The molecule has 1 aliphatic rings. The highest BCUT2D eigenvalue weighted by Crippen LogP contribution is 2.22. The van der Waals surface area contributed by atoms with E-state index in [9.17, 15) is 9.18 Å². The van der Waals surface area contributed by atoms with Gasteiger partial charge in [-0.2, -0.15) is 5.10 Å². The van der Waals surface area contributed by atoms with E-state index in [2.05, 4.69) is 20.4 Å². The van der Waals surface area contributed by atoms with Crippen LogP contribution in [0.5, 0.6) is 0 Å². The molecule has 0 saturated carbocycles. The second-order valence-electron chi connectivity index (χ2n) is 5.36. The van der Waals surface area contributed by atoms with Crippen LogP contribution in [0, 0.1) is 5.82 Å². The van der Waals surface area contributed by atoms with Gasteiger partial charge in [0.25, 0.3) is 0 Å². The highest BCUT2D eigenvalue weighted by atomic mass is 19.1. The van der Waals surface area contributed by atoms with Crippen molar-refractivity contribution in [2.24, 2.45) is 0 Å². The highest BCUT2D eigenvalue weighted by Gasteiger charge is 2.25. The Morgan fingerprint density at radius 1 is 1.41 bits per heavy atom. The minimum atomic E-state index is -0.837. The fourth-order valence-electron chi connectivity index (χ4n) is 2.66. The molecule has 2 heterocycles. The molecule has 3 N–H and O–H groups in total. The van der Waals surface area contributed by atoms with Crippen molar-refractivity contribution in [3.05, 3.63) is 41.8 Å². The number of nitrogens with one attached hydrogen (secondary N) is 2. The molecule has 0 aliphatic carbocycles. The number of H-pyrrole nitrogens is 1. The zero-order chi connectivity index (χ0) is 15.5. The molecular formula is C15H17FN4O2. The molecule has 1 saturated heterocycles. The Morgan fingerprint density at radius 2 is 2.18 bits per heavy atom. The Labute approximate surface area is 127 Å². The monoisotopic (exact) mass is 304 g/mol. The summed E-state index contributed by atoms with van der Waals surface area (Å²) in [7, 11) is 0. The maximum atomic E-state index is 13.0. The van der Waals surface area contributed by atoms with E-state index in [1.54, 1.807) is 18.3 Å². The van der Waals surface area contributed by atoms with E-state index in [-0.39, 0.29) is 5.82 Å². The lowest BCUT2D eigenvalue weighted by Gasteiger charge is -2.31. The smallest absolute Gasteiger partial charge is 0.322 e. The minimum Gasteiger partial charge on any atom is -0.480 e. The molecule has 1 atom stereocenters. The van der Waals surface area contributed by atoms with Crippen LogP contribution in [0.3, 0.4) is 0 Å². The predicted molar refractivity (Wildman–Crippen MR) is 78.7 cm³/mol. The largest absolute Gasteiger partial charge is 0.480 e. The van der Waals surface area contributed by atoms with Crippen molar-refractivity contribution in [2.75, 3.05) is 19.6 Å². The molecule has 22 heavy (non-hydrogen) atoms. The number of carboxylic acid groups (broad SMARTS) is 1. The first-order valence-electron chi connectivity index (χ1n) is 7.10. The molecule has 0 bridgehead atoms. The number of carbonyl (C=O) groups is 1. The summed E-state index contributed by atoms with van der Waals surface area (Å²) in [6.07, 6.45) is 1.73. The van der Waals surface area contributed by atoms with E-state index in [0.717, 1.165) is 23.4 Å². The van der Waals surface area contributed by atoms with Gasteiger partial charge in [0.2, 0.25) is 0 Å². The third-order valence-electron chi connectivity index (χ3n) is 3.80. The molecule has 1 aromatic carbocycles. The van der Waals surface area contributed by atoms with Crippen molar-refractivity contribution in [1.82, 2.24) is 20.4 Å². The van der Waals surface area contributed by atoms with Crippen LogP contribution in [0.15, 0.2) is 30.5 Å². The van der Waals surface area contributed by atoms with Gasteiger partial charge in [-0.3, -0.25) is 14.8 Å². The Morgan fingerprint density at radius 3 is 2.91 bits per heavy atom. The second-order valence-corrected chi connectivity index (χ2v) is 5.36. The summed E-state index contributed by atoms with van der Waals surface area (Å²) in [5.74, 6) is -1.12. The lowest BCUT2D eigenvalue weighted by Crippen LogP contribution is -2.53. The van der Waals surface area contributed by atoms with Crippen molar-refractivity contribution in [2.45, 2.75) is 12.6 Å². The van der Waals surface area contributed by atoms with Crippen LogP contribution >= 0.6 is 0 Å². The predicted octanol–water partition coefficient (Wildman–Crippen LogP) is 1.07. The highest BCUT2D eigenvalue weighted by molar-refractivity contribution is 5.73. The van der Waals surface area contributed by atoms with Gasteiger partial charge < -0.3 is 10.4 Å². The number of hydrogen-bond donors (Lipinski definition) is 3. The fraction of sp³-hybridized carbons (Fsp3) is 0.333. The zero-order valence-corrected chi connectivity index (χ0v) is 11.9. The Hall–Kier alpha value is -2.25. The second kappa shape index (κ2) is 6.25. The number of aromatic amines is 1. The van der Waals surface area contributed by atoms with Gasteiger partial charge in [-0.25, -0.2) is 4.39 Å². The molecule has 116 valence electrons.